The number of rotatable bonds is 3. The van der Waals surface area contributed by atoms with Crippen molar-refractivity contribution in [1.82, 2.24) is 5.32 Å². The molecule has 0 aromatic rings. The summed E-state index contributed by atoms with van der Waals surface area (Å²) in [5.74, 6) is -0.137. The molecule has 2 atom stereocenters. The van der Waals surface area contributed by atoms with Crippen LogP contribution in [0.15, 0.2) is 0 Å². The van der Waals surface area contributed by atoms with E-state index in [0.717, 1.165) is 0 Å². The van der Waals surface area contributed by atoms with E-state index in [2.05, 4.69) is 5.32 Å². The van der Waals surface area contributed by atoms with Gasteiger partial charge < -0.3 is 20.5 Å². The summed E-state index contributed by atoms with van der Waals surface area (Å²) in [5.41, 5.74) is 5.60. The highest BCUT2D eigenvalue weighted by Gasteiger charge is 2.27. The zero-order chi connectivity index (χ0) is 12.2. The van der Waals surface area contributed by atoms with Crippen LogP contribution in [0.4, 0.5) is 0 Å². The van der Waals surface area contributed by atoms with Crippen molar-refractivity contribution in [2.75, 3.05) is 26.4 Å². The molecule has 1 heterocycles. The van der Waals surface area contributed by atoms with Gasteiger partial charge in [0.05, 0.1) is 32.0 Å². The number of hydrogen-bond acceptors (Lipinski definition) is 4. The second kappa shape index (κ2) is 5.61. The molecule has 0 saturated carbocycles. The highest BCUT2D eigenvalue weighted by molar-refractivity contribution is 5.82. The van der Waals surface area contributed by atoms with E-state index in [9.17, 15) is 4.79 Å². The number of carbonyl (C=O) groups excluding carboxylic acids is 1. The average molecular weight is 230 g/mol. The minimum absolute atomic E-state index is 0.0510. The van der Waals surface area contributed by atoms with Gasteiger partial charge in [0, 0.05) is 6.54 Å². The fourth-order valence-corrected chi connectivity index (χ4v) is 1.37. The van der Waals surface area contributed by atoms with Gasteiger partial charge in [0.15, 0.2) is 0 Å². The summed E-state index contributed by atoms with van der Waals surface area (Å²) in [6.07, 6.45) is -0.0510. The molecular formula is C11H22N2O3. The van der Waals surface area contributed by atoms with Gasteiger partial charge >= 0.3 is 0 Å². The van der Waals surface area contributed by atoms with Gasteiger partial charge in [0.25, 0.3) is 0 Å². The van der Waals surface area contributed by atoms with Crippen LogP contribution in [-0.2, 0) is 14.3 Å². The Morgan fingerprint density at radius 1 is 1.50 bits per heavy atom. The first-order valence-electron chi connectivity index (χ1n) is 5.64. The van der Waals surface area contributed by atoms with E-state index in [0.29, 0.717) is 26.4 Å². The van der Waals surface area contributed by atoms with Crippen molar-refractivity contribution >= 4 is 5.91 Å². The fourth-order valence-electron chi connectivity index (χ4n) is 1.37. The number of carbonyl (C=O) groups is 1. The Morgan fingerprint density at radius 3 is 2.69 bits per heavy atom. The molecule has 1 aliphatic heterocycles. The summed E-state index contributed by atoms with van der Waals surface area (Å²) < 4.78 is 10.6. The topological polar surface area (TPSA) is 73.6 Å². The molecule has 1 saturated heterocycles. The van der Waals surface area contributed by atoms with Crippen LogP contribution in [0.5, 0.6) is 0 Å². The van der Waals surface area contributed by atoms with Gasteiger partial charge in [-0.1, -0.05) is 20.8 Å². The molecule has 0 spiro atoms. The predicted octanol–water partition coefficient (Wildman–Crippen LogP) is -0.109. The van der Waals surface area contributed by atoms with Crippen LogP contribution in [0.25, 0.3) is 0 Å². The molecule has 16 heavy (non-hydrogen) atoms. The van der Waals surface area contributed by atoms with Gasteiger partial charge in [-0.15, -0.1) is 0 Å². The molecule has 94 valence electrons. The Hall–Kier alpha value is -0.650. The third kappa shape index (κ3) is 4.08. The van der Waals surface area contributed by atoms with Gasteiger partial charge in [-0.3, -0.25) is 4.79 Å². The number of hydrogen-bond donors (Lipinski definition) is 2. The summed E-state index contributed by atoms with van der Waals surface area (Å²) in [6.45, 7) is 8.04. The Morgan fingerprint density at radius 2 is 2.19 bits per heavy atom. The minimum atomic E-state index is -0.503. The molecular weight excluding hydrogens is 208 g/mol. The van der Waals surface area contributed by atoms with Crippen LogP contribution >= 0.6 is 0 Å². The molecule has 0 aromatic heterocycles. The molecule has 1 unspecified atom stereocenters. The number of nitrogens with two attached hydrogens (primary N) is 1. The summed E-state index contributed by atoms with van der Waals surface area (Å²) in [5, 5.41) is 2.79. The van der Waals surface area contributed by atoms with E-state index < -0.39 is 6.04 Å². The highest BCUT2D eigenvalue weighted by Crippen LogP contribution is 2.17. The van der Waals surface area contributed by atoms with E-state index in [1.165, 1.54) is 0 Å². The van der Waals surface area contributed by atoms with Gasteiger partial charge in [0.2, 0.25) is 5.91 Å². The summed E-state index contributed by atoms with van der Waals surface area (Å²) in [6, 6.07) is -0.503. The third-order valence-electron chi connectivity index (χ3n) is 2.60. The largest absolute Gasteiger partial charge is 0.376 e. The first kappa shape index (κ1) is 13.4. The van der Waals surface area contributed by atoms with Crippen LogP contribution in [0.2, 0.25) is 0 Å². The van der Waals surface area contributed by atoms with Crippen molar-refractivity contribution in [3.05, 3.63) is 0 Å². The third-order valence-corrected chi connectivity index (χ3v) is 2.60. The molecule has 1 fully saturated rings. The second-order valence-corrected chi connectivity index (χ2v) is 5.16. The van der Waals surface area contributed by atoms with Crippen LogP contribution < -0.4 is 11.1 Å². The Bertz CT molecular complexity index is 232. The summed E-state index contributed by atoms with van der Waals surface area (Å²) >= 11 is 0. The van der Waals surface area contributed by atoms with Crippen LogP contribution in [0.3, 0.4) is 0 Å². The Labute approximate surface area is 96.7 Å². The van der Waals surface area contributed by atoms with E-state index in [1.807, 2.05) is 20.8 Å². The lowest BCUT2D eigenvalue weighted by Gasteiger charge is -2.28. The van der Waals surface area contributed by atoms with Crippen molar-refractivity contribution in [3.63, 3.8) is 0 Å². The molecule has 0 bridgehead atoms. The zero-order valence-electron chi connectivity index (χ0n) is 10.3. The summed E-state index contributed by atoms with van der Waals surface area (Å²) in [7, 11) is 0. The normalized spacial score (nSPS) is 23.9. The number of nitrogens with one attached hydrogen (secondary N) is 1. The van der Waals surface area contributed by atoms with E-state index >= 15 is 0 Å². The monoisotopic (exact) mass is 230 g/mol. The highest BCUT2D eigenvalue weighted by atomic mass is 16.6. The molecule has 1 aliphatic rings. The van der Waals surface area contributed by atoms with Crippen molar-refractivity contribution < 1.29 is 14.3 Å². The maximum absolute atomic E-state index is 11.7. The number of ether oxygens (including phenoxy) is 2. The van der Waals surface area contributed by atoms with Crippen LogP contribution in [0, 0.1) is 5.41 Å². The molecule has 0 radical (unpaired) electrons. The Kier molecular flexibility index (Phi) is 4.70. The van der Waals surface area contributed by atoms with Crippen molar-refractivity contribution in [3.8, 4) is 0 Å². The molecule has 1 amide bonds. The average Bonchev–Trinajstić information content (AvgIpc) is 2.25. The zero-order valence-corrected chi connectivity index (χ0v) is 10.3. The molecule has 0 aliphatic carbocycles. The first-order valence-corrected chi connectivity index (χ1v) is 5.64. The van der Waals surface area contributed by atoms with Crippen molar-refractivity contribution in [2.24, 2.45) is 11.1 Å². The number of amides is 1. The maximum Gasteiger partial charge on any atom is 0.237 e. The fraction of sp³-hybridized carbons (Fsp3) is 0.909. The standard InChI is InChI=1S/C11H22N2O3/c1-11(2,3)9(12)10(14)13-6-8-7-15-4-5-16-8/h8-9H,4-7,12H2,1-3H3,(H,13,14)/t8?,9-/m1/s1. The lowest BCUT2D eigenvalue weighted by atomic mass is 9.87. The van der Waals surface area contributed by atoms with Gasteiger partial charge in [-0.25, -0.2) is 0 Å². The van der Waals surface area contributed by atoms with E-state index in [4.69, 9.17) is 15.2 Å². The molecule has 5 heteroatoms. The molecule has 0 aromatic carbocycles. The molecule has 5 nitrogen and oxygen atoms in total. The smallest absolute Gasteiger partial charge is 0.237 e. The predicted molar refractivity (Wildman–Crippen MR) is 61.0 cm³/mol. The van der Waals surface area contributed by atoms with E-state index in [1.54, 1.807) is 0 Å². The summed E-state index contributed by atoms with van der Waals surface area (Å²) in [4.78, 5) is 11.7. The lowest BCUT2D eigenvalue weighted by molar-refractivity contribution is -0.127. The Balaban J connectivity index is 2.29. The minimum Gasteiger partial charge on any atom is -0.376 e. The lowest BCUT2D eigenvalue weighted by Crippen LogP contribution is -2.51. The first-order chi connectivity index (χ1) is 7.41. The van der Waals surface area contributed by atoms with Crippen LogP contribution in [-0.4, -0.2) is 44.4 Å². The van der Waals surface area contributed by atoms with Gasteiger partial charge in [-0.2, -0.15) is 0 Å². The molecule has 3 N–H and O–H groups in total. The van der Waals surface area contributed by atoms with Crippen LogP contribution in [0.1, 0.15) is 20.8 Å². The van der Waals surface area contributed by atoms with Crippen molar-refractivity contribution in [2.45, 2.75) is 32.9 Å². The molecule has 1 rings (SSSR count). The van der Waals surface area contributed by atoms with E-state index in [-0.39, 0.29) is 17.4 Å². The quantitative estimate of drug-likeness (QED) is 0.709. The van der Waals surface area contributed by atoms with Crippen molar-refractivity contribution in [1.29, 1.82) is 0 Å². The SMILES string of the molecule is CC(C)(C)[C@H](N)C(=O)NCC1COCCO1. The second-order valence-electron chi connectivity index (χ2n) is 5.16. The van der Waals surface area contributed by atoms with Gasteiger partial charge in [0.1, 0.15) is 0 Å². The maximum atomic E-state index is 11.7. The van der Waals surface area contributed by atoms with Gasteiger partial charge in [-0.05, 0) is 5.41 Å².